The van der Waals surface area contributed by atoms with Gasteiger partial charge in [-0.15, -0.1) is 12.4 Å². The van der Waals surface area contributed by atoms with Crippen molar-refractivity contribution in [3.63, 3.8) is 0 Å². The smallest absolute Gasteiger partial charge is 0.311 e. The number of nitrogens with zero attached hydrogens (tertiary/aromatic N) is 1. The van der Waals surface area contributed by atoms with Gasteiger partial charge >= 0.3 is 5.97 Å². The van der Waals surface area contributed by atoms with Crippen LogP contribution in [0.15, 0.2) is 17.7 Å². The zero-order valence-corrected chi connectivity index (χ0v) is 25.5. The fourth-order valence-corrected chi connectivity index (χ4v) is 6.62. The van der Waals surface area contributed by atoms with Gasteiger partial charge in [-0.25, -0.2) is 0 Å². The van der Waals surface area contributed by atoms with Crippen LogP contribution in [0.3, 0.4) is 0 Å². The summed E-state index contributed by atoms with van der Waals surface area (Å²) in [5, 5.41) is 0. The quantitative estimate of drug-likeness (QED) is 0.149. The van der Waals surface area contributed by atoms with Crippen LogP contribution in [0.4, 0.5) is 0 Å². The molecule has 0 saturated carbocycles. The Kier molecular flexibility index (Phi) is 11.6. The number of ether oxygens (including phenoxy) is 2. The van der Waals surface area contributed by atoms with Crippen molar-refractivity contribution >= 4 is 23.9 Å². The lowest BCUT2D eigenvalue weighted by atomic mass is 9.84. The van der Waals surface area contributed by atoms with E-state index >= 15 is 0 Å². The van der Waals surface area contributed by atoms with E-state index < -0.39 is 0 Å². The average Bonchev–Trinajstić information content (AvgIpc) is 3.25. The molecule has 2 atom stereocenters. The molecule has 0 radical (unpaired) electrons. The molecule has 0 aromatic heterocycles. The molecule has 0 amide bonds. The molecule has 1 aromatic carbocycles. The second kappa shape index (κ2) is 14.2. The maximum absolute atomic E-state index is 13.1. The van der Waals surface area contributed by atoms with Crippen LogP contribution in [0, 0.1) is 11.8 Å². The van der Waals surface area contributed by atoms with E-state index in [0.717, 1.165) is 55.7 Å². The van der Waals surface area contributed by atoms with Crippen LogP contribution in [0.1, 0.15) is 123 Å². The lowest BCUT2D eigenvalue weighted by Crippen LogP contribution is -2.34. The minimum absolute atomic E-state index is 0. The molecule has 1 fully saturated rings. The number of hydrogen-bond donors (Lipinski definition) is 0. The number of unbranched alkanes of at least 4 members (excludes halogenated alkanes) is 2. The Hall–Kier alpha value is -1.52. The van der Waals surface area contributed by atoms with Crippen LogP contribution >= 0.6 is 12.4 Å². The van der Waals surface area contributed by atoms with Crippen LogP contribution in [0.5, 0.6) is 11.5 Å². The molecular weight excluding hydrogens is 494 g/mol. The van der Waals surface area contributed by atoms with Crippen LogP contribution in [-0.2, 0) is 11.2 Å². The fraction of sp³-hybridized carbons (Fsp3) is 0.727. The summed E-state index contributed by atoms with van der Waals surface area (Å²) in [7, 11) is 0. The van der Waals surface area contributed by atoms with E-state index in [1.807, 2.05) is 0 Å². The minimum atomic E-state index is -0.311. The molecule has 2 heterocycles. The largest absolute Gasteiger partial charge is 0.483 e. The zero-order chi connectivity index (χ0) is 26.4. The fourth-order valence-electron chi connectivity index (χ4n) is 6.62. The molecule has 3 aliphatic rings. The van der Waals surface area contributed by atoms with E-state index in [1.165, 1.54) is 74.7 Å². The van der Waals surface area contributed by atoms with E-state index in [0.29, 0.717) is 18.3 Å². The number of carbonyl (C=O) groups is 1. The lowest BCUT2D eigenvalue weighted by Gasteiger charge is -2.36. The number of rotatable bonds is 12. The molecule has 1 aromatic rings. The Morgan fingerprint density at radius 1 is 1.13 bits per heavy atom. The van der Waals surface area contributed by atoms with Crippen molar-refractivity contribution in [1.82, 2.24) is 4.90 Å². The number of hydrogen-bond acceptors (Lipinski definition) is 4. The van der Waals surface area contributed by atoms with Gasteiger partial charge in [-0.3, -0.25) is 4.79 Å². The van der Waals surface area contributed by atoms with Gasteiger partial charge in [0, 0.05) is 6.42 Å². The highest BCUT2D eigenvalue weighted by atomic mass is 35.5. The average molecular weight is 546 g/mol. The van der Waals surface area contributed by atoms with Gasteiger partial charge in [-0.1, -0.05) is 52.9 Å². The molecule has 5 heteroatoms. The second-order valence-electron chi connectivity index (χ2n) is 12.5. The number of fused-ring (bicyclic) bond motifs is 2. The number of benzene rings is 1. The second-order valence-corrected chi connectivity index (χ2v) is 12.5. The topological polar surface area (TPSA) is 38.8 Å². The predicted octanol–water partition coefficient (Wildman–Crippen LogP) is 8.78. The molecule has 38 heavy (non-hydrogen) atoms. The van der Waals surface area contributed by atoms with Crippen LogP contribution in [0.25, 0.3) is 5.57 Å². The van der Waals surface area contributed by atoms with Gasteiger partial charge in [0.15, 0.2) is 0 Å². The molecular formula is C33H52ClNO3. The van der Waals surface area contributed by atoms with Crippen LogP contribution < -0.4 is 9.47 Å². The summed E-state index contributed by atoms with van der Waals surface area (Å²) < 4.78 is 12.8. The minimum Gasteiger partial charge on any atom is -0.483 e. The summed E-state index contributed by atoms with van der Waals surface area (Å²) in [4.78, 5) is 15.6. The first-order valence-corrected chi connectivity index (χ1v) is 15.3. The number of halogens is 1. The number of allylic oxidation sites excluding steroid dienone is 1. The molecule has 0 bridgehead atoms. The molecule has 1 aliphatic carbocycles. The molecule has 2 aliphatic heterocycles. The van der Waals surface area contributed by atoms with E-state index in [-0.39, 0.29) is 24.0 Å². The Bertz CT molecular complexity index is 963. The molecule has 0 spiro atoms. The maximum atomic E-state index is 13.1. The Balaban J connectivity index is 0.00000400. The lowest BCUT2D eigenvalue weighted by molar-refractivity contribution is -0.134. The molecule has 4 nitrogen and oxygen atoms in total. The van der Waals surface area contributed by atoms with Gasteiger partial charge in [0.25, 0.3) is 0 Å². The highest BCUT2D eigenvalue weighted by Crippen LogP contribution is 2.54. The van der Waals surface area contributed by atoms with Crippen molar-refractivity contribution in [2.24, 2.45) is 11.8 Å². The van der Waals surface area contributed by atoms with Gasteiger partial charge < -0.3 is 14.4 Å². The zero-order valence-electron chi connectivity index (χ0n) is 24.7. The third kappa shape index (κ3) is 7.78. The van der Waals surface area contributed by atoms with Crippen molar-refractivity contribution in [2.45, 2.75) is 124 Å². The number of piperidine rings is 1. The standard InChI is InChI=1S/C33H51NO3.ClH/c1-6-7-9-13-24(2)15-17-26-22-28(36-30(35)14-12-21-34-19-10-8-11-20-34)32-29(23-26)37-33(4,5)27-18-16-25(3)31(27)32;/h22-25H,6-21H2,1-5H3;1H. The van der Waals surface area contributed by atoms with E-state index in [4.69, 9.17) is 9.47 Å². The van der Waals surface area contributed by atoms with Crippen molar-refractivity contribution in [2.75, 3.05) is 19.6 Å². The summed E-state index contributed by atoms with van der Waals surface area (Å²) in [6, 6.07) is 4.38. The number of carbonyl (C=O) groups excluding carboxylic acids is 1. The van der Waals surface area contributed by atoms with Crippen LogP contribution in [-0.4, -0.2) is 36.1 Å². The number of esters is 1. The highest BCUT2D eigenvalue weighted by molar-refractivity contribution is 5.86. The van der Waals surface area contributed by atoms with E-state index in [1.54, 1.807) is 0 Å². The number of aryl methyl sites for hydroxylation is 1. The number of likely N-dealkylation sites (tertiary alicyclic amines) is 1. The summed E-state index contributed by atoms with van der Waals surface area (Å²) in [5.74, 6) is 2.68. The first-order chi connectivity index (χ1) is 17.8. The van der Waals surface area contributed by atoms with Gasteiger partial charge in [0.1, 0.15) is 17.1 Å². The first kappa shape index (κ1) is 31.0. The van der Waals surface area contributed by atoms with Crippen molar-refractivity contribution in [3.05, 3.63) is 28.8 Å². The predicted molar refractivity (Wildman–Crippen MR) is 161 cm³/mol. The molecule has 1 saturated heterocycles. The van der Waals surface area contributed by atoms with Gasteiger partial charge in [-0.2, -0.15) is 0 Å². The Morgan fingerprint density at radius 2 is 1.89 bits per heavy atom. The molecule has 2 unspecified atom stereocenters. The normalized spacial score (nSPS) is 21.2. The maximum Gasteiger partial charge on any atom is 0.311 e. The molecule has 214 valence electrons. The van der Waals surface area contributed by atoms with Crippen molar-refractivity contribution in [1.29, 1.82) is 0 Å². The summed E-state index contributed by atoms with van der Waals surface area (Å²) >= 11 is 0. The molecule has 0 N–H and O–H groups in total. The summed E-state index contributed by atoms with van der Waals surface area (Å²) in [6.45, 7) is 14.7. The van der Waals surface area contributed by atoms with Crippen molar-refractivity contribution in [3.8, 4) is 11.5 Å². The summed E-state index contributed by atoms with van der Waals surface area (Å²) in [6.07, 6.45) is 14.8. The van der Waals surface area contributed by atoms with Crippen molar-refractivity contribution < 1.29 is 14.3 Å². The van der Waals surface area contributed by atoms with Gasteiger partial charge in [0.2, 0.25) is 0 Å². The van der Waals surface area contributed by atoms with Gasteiger partial charge in [-0.05, 0) is 119 Å². The Morgan fingerprint density at radius 3 is 2.63 bits per heavy atom. The van der Waals surface area contributed by atoms with Crippen LogP contribution in [0.2, 0.25) is 0 Å². The third-order valence-electron chi connectivity index (χ3n) is 8.89. The van der Waals surface area contributed by atoms with E-state index in [9.17, 15) is 4.79 Å². The Labute approximate surface area is 238 Å². The van der Waals surface area contributed by atoms with Gasteiger partial charge in [0.05, 0.1) is 5.56 Å². The van der Waals surface area contributed by atoms with E-state index in [2.05, 4.69) is 51.7 Å². The molecule has 4 rings (SSSR count). The third-order valence-corrected chi connectivity index (χ3v) is 8.89. The monoisotopic (exact) mass is 545 g/mol. The summed E-state index contributed by atoms with van der Waals surface area (Å²) in [5.41, 5.74) is 4.70. The SMILES string of the molecule is CCCCCC(C)CCc1cc(OC(=O)CCCN2CCCCC2)c2c(c1)OC(C)(C)C1=C2C(C)CC1.Cl. The highest BCUT2D eigenvalue weighted by Gasteiger charge is 2.41. The first-order valence-electron chi connectivity index (χ1n) is 15.3.